The van der Waals surface area contributed by atoms with Crippen LogP contribution in [0.1, 0.15) is 5.56 Å². The SMILES string of the molecule is O=S(=O)(Cc1ccc(Cl)cc1)Nc1cccc2ncccc12. The third kappa shape index (κ3) is 3.37. The molecule has 0 aliphatic rings. The fourth-order valence-corrected chi connectivity index (χ4v) is 3.54. The average Bonchev–Trinajstić information content (AvgIpc) is 2.49. The van der Waals surface area contributed by atoms with Crippen LogP contribution in [0.3, 0.4) is 0 Å². The number of benzene rings is 2. The monoisotopic (exact) mass is 332 g/mol. The number of nitrogens with zero attached hydrogens (tertiary/aromatic N) is 1. The van der Waals surface area contributed by atoms with Crippen LogP contribution in [0.15, 0.2) is 60.8 Å². The highest BCUT2D eigenvalue weighted by atomic mass is 35.5. The molecule has 22 heavy (non-hydrogen) atoms. The molecular weight excluding hydrogens is 320 g/mol. The van der Waals surface area contributed by atoms with E-state index in [4.69, 9.17) is 11.6 Å². The maximum Gasteiger partial charge on any atom is 0.236 e. The first kappa shape index (κ1) is 14.8. The van der Waals surface area contributed by atoms with Gasteiger partial charge in [-0.05, 0) is 42.0 Å². The van der Waals surface area contributed by atoms with Crippen molar-refractivity contribution in [3.63, 3.8) is 0 Å². The minimum absolute atomic E-state index is 0.110. The number of anilines is 1. The summed E-state index contributed by atoms with van der Waals surface area (Å²) >= 11 is 5.81. The smallest absolute Gasteiger partial charge is 0.236 e. The van der Waals surface area contributed by atoms with Gasteiger partial charge >= 0.3 is 0 Å². The highest BCUT2D eigenvalue weighted by molar-refractivity contribution is 7.91. The first-order valence-electron chi connectivity index (χ1n) is 6.62. The predicted molar refractivity (Wildman–Crippen MR) is 89.4 cm³/mol. The van der Waals surface area contributed by atoms with E-state index in [1.165, 1.54) is 0 Å². The fourth-order valence-electron chi connectivity index (χ4n) is 2.20. The van der Waals surface area contributed by atoms with E-state index in [-0.39, 0.29) is 5.75 Å². The maximum absolute atomic E-state index is 12.3. The number of hydrogen-bond donors (Lipinski definition) is 1. The largest absolute Gasteiger partial charge is 0.283 e. The Hall–Kier alpha value is -2.11. The first-order chi connectivity index (χ1) is 10.5. The van der Waals surface area contributed by atoms with Crippen molar-refractivity contribution in [1.82, 2.24) is 4.98 Å². The van der Waals surface area contributed by atoms with Gasteiger partial charge in [0.2, 0.25) is 10.0 Å². The number of aromatic nitrogens is 1. The zero-order chi connectivity index (χ0) is 15.6. The highest BCUT2D eigenvalue weighted by Crippen LogP contribution is 2.23. The molecule has 1 heterocycles. The van der Waals surface area contributed by atoms with Gasteiger partial charge in [-0.25, -0.2) is 8.42 Å². The second-order valence-electron chi connectivity index (χ2n) is 4.86. The predicted octanol–water partition coefficient (Wildman–Crippen LogP) is 3.83. The molecule has 0 aliphatic carbocycles. The Bertz CT molecular complexity index is 904. The summed E-state index contributed by atoms with van der Waals surface area (Å²) in [5.74, 6) is -0.110. The second kappa shape index (κ2) is 5.94. The fraction of sp³-hybridized carbons (Fsp3) is 0.0625. The van der Waals surface area contributed by atoms with Crippen LogP contribution in [-0.4, -0.2) is 13.4 Å². The maximum atomic E-state index is 12.3. The van der Waals surface area contributed by atoms with Crippen molar-refractivity contribution >= 4 is 38.2 Å². The molecule has 0 radical (unpaired) electrons. The van der Waals surface area contributed by atoms with Crippen LogP contribution in [-0.2, 0) is 15.8 Å². The third-order valence-electron chi connectivity index (χ3n) is 3.18. The summed E-state index contributed by atoms with van der Waals surface area (Å²) in [6.45, 7) is 0. The van der Waals surface area contributed by atoms with Crippen LogP contribution in [0.5, 0.6) is 0 Å². The van der Waals surface area contributed by atoms with E-state index < -0.39 is 10.0 Å². The van der Waals surface area contributed by atoms with E-state index in [0.717, 1.165) is 10.9 Å². The molecule has 0 bridgehead atoms. The van der Waals surface area contributed by atoms with Gasteiger partial charge in [0.15, 0.2) is 0 Å². The van der Waals surface area contributed by atoms with Gasteiger partial charge in [-0.3, -0.25) is 9.71 Å². The molecule has 112 valence electrons. The molecule has 1 aromatic heterocycles. The van der Waals surface area contributed by atoms with Gasteiger partial charge < -0.3 is 0 Å². The average molecular weight is 333 g/mol. The molecule has 4 nitrogen and oxygen atoms in total. The second-order valence-corrected chi connectivity index (χ2v) is 7.02. The molecule has 0 amide bonds. The van der Waals surface area contributed by atoms with Crippen molar-refractivity contribution in [2.24, 2.45) is 0 Å². The molecule has 3 rings (SSSR count). The summed E-state index contributed by atoms with van der Waals surface area (Å²) in [5.41, 5.74) is 1.95. The van der Waals surface area contributed by atoms with Crippen LogP contribution in [0.4, 0.5) is 5.69 Å². The summed E-state index contributed by atoms with van der Waals surface area (Å²) in [6, 6.07) is 15.7. The Kier molecular flexibility index (Phi) is 4.00. The van der Waals surface area contributed by atoms with E-state index in [2.05, 4.69) is 9.71 Å². The summed E-state index contributed by atoms with van der Waals surface area (Å²) in [6.07, 6.45) is 1.67. The third-order valence-corrected chi connectivity index (χ3v) is 4.68. The summed E-state index contributed by atoms with van der Waals surface area (Å²) in [7, 11) is -3.51. The number of fused-ring (bicyclic) bond motifs is 1. The quantitative estimate of drug-likeness (QED) is 0.790. The Morgan fingerprint density at radius 2 is 1.77 bits per heavy atom. The molecule has 0 saturated heterocycles. The van der Waals surface area contributed by atoms with E-state index in [0.29, 0.717) is 16.3 Å². The minimum Gasteiger partial charge on any atom is -0.283 e. The van der Waals surface area contributed by atoms with Crippen LogP contribution in [0.2, 0.25) is 5.02 Å². The van der Waals surface area contributed by atoms with Crippen molar-refractivity contribution in [3.05, 3.63) is 71.4 Å². The van der Waals surface area contributed by atoms with E-state index in [1.54, 1.807) is 48.7 Å². The van der Waals surface area contributed by atoms with E-state index in [1.807, 2.05) is 12.1 Å². The minimum atomic E-state index is -3.51. The van der Waals surface area contributed by atoms with Crippen LogP contribution in [0, 0.1) is 0 Å². The van der Waals surface area contributed by atoms with Crippen LogP contribution >= 0.6 is 11.6 Å². The Morgan fingerprint density at radius 1 is 1.00 bits per heavy atom. The Morgan fingerprint density at radius 3 is 2.55 bits per heavy atom. The number of sulfonamides is 1. The van der Waals surface area contributed by atoms with Gasteiger partial charge in [0.1, 0.15) is 0 Å². The molecule has 0 unspecified atom stereocenters. The van der Waals surface area contributed by atoms with Gasteiger partial charge in [0.05, 0.1) is 17.0 Å². The summed E-state index contributed by atoms with van der Waals surface area (Å²) in [5, 5.41) is 1.35. The van der Waals surface area contributed by atoms with Crippen molar-refractivity contribution in [2.75, 3.05) is 4.72 Å². The highest BCUT2D eigenvalue weighted by Gasteiger charge is 2.13. The van der Waals surface area contributed by atoms with Gasteiger partial charge in [-0.15, -0.1) is 0 Å². The van der Waals surface area contributed by atoms with Crippen molar-refractivity contribution in [3.8, 4) is 0 Å². The number of hydrogen-bond acceptors (Lipinski definition) is 3. The normalized spacial score (nSPS) is 11.5. The summed E-state index contributed by atoms with van der Waals surface area (Å²) in [4.78, 5) is 4.22. The molecule has 6 heteroatoms. The zero-order valence-corrected chi connectivity index (χ0v) is 13.1. The number of nitrogens with one attached hydrogen (secondary N) is 1. The van der Waals surface area contributed by atoms with Crippen molar-refractivity contribution in [1.29, 1.82) is 0 Å². The molecule has 0 fully saturated rings. The van der Waals surface area contributed by atoms with Crippen LogP contribution < -0.4 is 4.72 Å². The molecule has 2 aromatic carbocycles. The molecular formula is C16H13ClN2O2S. The van der Waals surface area contributed by atoms with Gasteiger partial charge in [-0.1, -0.05) is 29.8 Å². The molecule has 0 aliphatic heterocycles. The van der Waals surface area contributed by atoms with Crippen molar-refractivity contribution < 1.29 is 8.42 Å². The van der Waals surface area contributed by atoms with Crippen molar-refractivity contribution in [2.45, 2.75) is 5.75 Å². The lowest BCUT2D eigenvalue weighted by atomic mass is 10.2. The topological polar surface area (TPSA) is 59.1 Å². The first-order valence-corrected chi connectivity index (χ1v) is 8.65. The molecule has 0 atom stereocenters. The van der Waals surface area contributed by atoms with Gasteiger partial charge in [0.25, 0.3) is 0 Å². The van der Waals surface area contributed by atoms with E-state index in [9.17, 15) is 8.42 Å². The van der Waals surface area contributed by atoms with Gasteiger partial charge in [-0.2, -0.15) is 0 Å². The Labute approximate surface area is 133 Å². The lowest BCUT2D eigenvalue weighted by molar-refractivity contribution is 0.600. The molecule has 0 saturated carbocycles. The number of pyridine rings is 1. The molecule has 1 N–H and O–H groups in total. The Balaban J connectivity index is 1.88. The molecule has 3 aromatic rings. The molecule has 0 spiro atoms. The summed E-state index contributed by atoms with van der Waals surface area (Å²) < 4.78 is 27.3. The number of halogens is 1. The van der Waals surface area contributed by atoms with Gasteiger partial charge in [0, 0.05) is 16.6 Å². The lowest BCUT2D eigenvalue weighted by Gasteiger charge is -2.10. The number of rotatable bonds is 4. The zero-order valence-electron chi connectivity index (χ0n) is 11.5. The van der Waals surface area contributed by atoms with E-state index >= 15 is 0 Å². The lowest BCUT2D eigenvalue weighted by Crippen LogP contribution is -2.15. The standard InChI is InChI=1S/C16H13ClN2O2S/c17-13-8-6-12(7-9-13)11-22(20,21)19-16-5-1-4-15-14(16)3-2-10-18-15/h1-10,19H,11H2. The van der Waals surface area contributed by atoms with Crippen LogP contribution in [0.25, 0.3) is 10.9 Å².